The second-order valence-electron chi connectivity index (χ2n) is 7.13. The molecule has 0 atom stereocenters. The molecule has 3 aromatic carbocycles. The van der Waals surface area contributed by atoms with Gasteiger partial charge in [-0.3, -0.25) is 14.9 Å². The highest BCUT2D eigenvalue weighted by atomic mass is 32.1. The van der Waals surface area contributed by atoms with Gasteiger partial charge in [0.2, 0.25) is 11.5 Å². The highest BCUT2D eigenvalue weighted by molar-refractivity contribution is 7.18. The van der Waals surface area contributed by atoms with Crippen LogP contribution in [0, 0.1) is 0 Å². The Morgan fingerprint density at radius 3 is 1.94 bits per heavy atom. The summed E-state index contributed by atoms with van der Waals surface area (Å²) in [4.78, 5) is 31.4. The first-order valence-corrected chi connectivity index (χ1v) is 11.1. The molecule has 1 amide bonds. The minimum absolute atomic E-state index is 0.162. The average molecular weight is 475 g/mol. The molecule has 4 rings (SSSR count). The SMILES string of the molecule is COc1cc(C(=O)Nc2nc(-c3ccccc3)c(C(=O)c3ccccc3)s2)cc(OC)c1OC. The van der Waals surface area contributed by atoms with Crippen molar-refractivity contribution >= 4 is 28.2 Å². The number of hydrogen-bond acceptors (Lipinski definition) is 7. The van der Waals surface area contributed by atoms with E-state index in [-0.39, 0.29) is 5.78 Å². The average Bonchev–Trinajstić information content (AvgIpc) is 3.31. The van der Waals surface area contributed by atoms with Gasteiger partial charge in [-0.25, -0.2) is 4.98 Å². The summed E-state index contributed by atoms with van der Waals surface area (Å²) >= 11 is 1.13. The van der Waals surface area contributed by atoms with Crippen molar-refractivity contribution in [2.45, 2.75) is 0 Å². The predicted molar refractivity (Wildman–Crippen MR) is 131 cm³/mol. The summed E-state index contributed by atoms with van der Waals surface area (Å²) in [6, 6.07) is 21.5. The number of nitrogens with one attached hydrogen (secondary N) is 1. The van der Waals surface area contributed by atoms with E-state index in [1.54, 1.807) is 24.3 Å². The Balaban J connectivity index is 1.71. The summed E-state index contributed by atoms with van der Waals surface area (Å²) < 4.78 is 16.0. The number of carbonyl (C=O) groups excluding carboxylic acids is 2. The summed E-state index contributed by atoms with van der Waals surface area (Å²) in [5, 5.41) is 3.10. The first-order chi connectivity index (χ1) is 16.5. The Morgan fingerprint density at radius 2 is 1.38 bits per heavy atom. The van der Waals surface area contributed by atoms with Crippen LogP contribution in [0.2, 0.25) is 0 Å². The fraction of sp³-hybridized carbons (Fsp3) is 0.115. The second kappa shape index (κ2) is 10.2. The van der Waals surface area contributed by atoms with Gasteiger partial charge in [-0.1, -0.05) is 72.0 Å². The van der Waals surface area contributed by atoms with E-state index >= 15 is 0 Å². The number of ketones is 1. The number of carbonyl (C=O) groups is 2. The van der Waals surface area contributed by atoms with Crippen molar-refractivity contribution in [1.82, 2.24) is 4.98 Å². The molecule has 8 heteroatoms. The number of ether oxygens (including phenoxy) is 3. The molecule has 1 N–H and O–H groups in total. The van der Waals surface area contributed by atoms with Crippen LogP contribution in [0.1, 0.15) is 25.6 Å². The van der Waals surface area contributed by atoms with E-state index < -0.39 is 5.91 Å². The Bertz CT molecular complexity index is 1290. The number of methoxy groups -OCH3 is 3. The Morgan fingerprint density at radius 1 is 0.794 bits per heavy atom. The number of amides is 1. The monoisotopic (exact) mass is 474 g/mol. The van der Waals surface area contributed by atoms with Crippen molar-refractivity contribution in [1.29, 1.82) is 0 Å². The van der Waals surface area contributed by atoms with E-state index in [2.05, 4.69) is 10.3 Å². The molecule has 1 heterocycles. The molecule has 0 fully saturated rings. The summed E-state index contributed by atoms with van der Waals surface area (Å²) in [5.41, 5.74) is 2.14. The summed E-state index contributed by atoms with van der Waals surface area (Å²) in [6.45, 7) is 0. The van der Waals surface area contributed by atoms with Crippen molar-refractivity contribution in [3.05, 3.63) is 88.8 Å². The van der Waals surface area contributed by atoms with Crippen LogP contribution >= 0.6 is 11.3 Å². The van der Waals surface area contributed by atoms with Crippen LogP contribution < -0.4 is 19.5 Å². The van der Waals surface area contributed by atoms with Crippen molar-refractivity contribution in [2.75, 3.05) is 26.6 Å². The van der Waals surface area contributed by atoms with Gasteiger partial charge in [-0.15, -0.1) is 0 Å². The third-order valence-electron chi connectivity index (χ3n) is 5.06. The minimum Gasteiger partial charge on any atom is -0.493 e. The first kappa shape index (κ1) is 23.0. The lowest BCUT2D eigenvalue weighted by molar-refractivity contribution is 0.102. The van der Waals surface area contributed by atoms with Crippen molar-refractivity contribution in [3.8, 4) is 28.5 Å². The van der Waals surface area contributed by atoms with Gasteiger partial charge in [0, 0.05) is 16.7 Å². The smallest absolute Gasteiger partial charge is 0.257 e. The standard InChI is InChI=1S/C26H22N2O5S/c1-31-19-14-18(15-20(32-2)23(19)33-3)25(30)28-26-27-21(16-10-6-4-7-11-16)24(34-26)22(29)17-12-8-5-9-13-17/h4-15H,1-3H3,(H,27,28,30). The quantitative estimate of drug-likeness (QED) is 0.348. The van der Waals surface area contributed by atoms with Crippen LogP contribution in [0.25, 0.3) is 11.3 Å². The molecule has 34 heavy (non-hydrogen) atoms. The lowest BCUT2D eigenvalue weighted by atomic mass is 10.1. The highest BCUT2D eigenvalue weighted by Gasteiger charge is 2.23. The van der Waals surface area contributed by atoms with E-state index in [1.165, 1.54) is 21.3 Å². The highest BCUT2D eigenvalue weighted by Crippen LogP contribution is 2.39. The zero-order valence-corrected chi connectivity index (χ0v) is 19.6. The van der Waals surface area contributed by atoms with E-state index in [4.69, 9.17) is 14.2 Å². The molecule has 1 aromatic heterocycles. The Hall–Kier alpha value is -4.17. The lowest BCUT2D eigenvalue weighted by Gasteiger charge is -2.13. The van der Waals surface area contributed by atoms with E-state index in [0.717, 1.165) is 16.9 Å². The third-order valence-corrected chi connectivity index (χ3v) is 6.03. The van der Waals surface area contributed by atoms with E-state index in [0.29, 0.717) is 44.1 Å². The molecule has 0 radical (unpaired) electrons. The summed E-state index contributed by atoms with van der Waals surface area (Å²) in [6.07, 6.45) is 0. The van der Waals surface area contributed by atoms with Gasteiger partial charge in [0.15, 0.2) is 16.6 Å². The number of rotatable bonds is 8. The minimum atomic E-state index is -0.425. The Kier molecular flexibility index (Phi) is 6.89. The number of aromatic nitrogens is 1. The number of benzene rings is 3. The first-order valence-electron chi connectivity index (χ1n) is 10.3. The lowest BCUT2D eigenvalue weighted by Crippen LogP contribution is -2.12. The molecule has 0 unspecified atom stereocenters. The molecule has 0 saturated heterocycles. The van der Waals surface area contributed by atoms with Crippen LogP contribution in [0.4, 0.5) is 5.13 Å². The molecule has 0 spiro atoms. The van der Waals surface area contributed by atoms with Crippen LogP contribution in [-0.4, -0.2) is 38.0 Å². The van der Waals surface area contributed by atoms with Crippen LogP contribution in [0.3, 0.4) is 0 Å². The summed E-state index contributed by atoms with van der Waals surface area (Å²) in [5.74, 6) is 0.515. The molecule has 0 aliphatic heterocycles. The van der Waals surface area contributed by atoms with Crippen LogP contribution in [-0.2, 0) is 0 Å². The van der Waals surface area contributed by atoms with Crippen LogP contribution in [0.5, 0.6) is 17.2 Å². The zero-order valence-electron chi connectivity index (χ0n) is 18.8. The number of nitrogens with zero attached hydrogens (tertiary/aromatic N) is 1. The maximum absolute atomic E-state index is 13.3. The van der Waals surface area contributed by atoms with Gasteiger partial charge in [0.25, 0.3) is 5.91 Å². The molecular formula is C26H22N2O5S. The zero-order chi connectivity index (χ0) is 24.1. The van der Waals surface area contributed by atoms with Crippen LogP contribution in [0.15, 0.2) is 72.8 Å². The van der Waals surface area contributed by atoms with Gasteiger partial charge < -0.3 is 14.2 Å². The topological polar surface area (TPSA) is 86.8 Å². The van der Waals surface area contributed by atoms with E-state index in [1.807, 2.05) is 48.5 Å². The predicted octanol–water partition coefficient (Wildman–Crippen LogP) is 5.32. The molecule has 4 aromatic rings. The molecule has 172 valence electrons. The molecule has 0 saturated carbocycles. The van der Waals surface area contributed by atoms with Gasteiger partial charge in [-0.05, 0) is 12.1 Å². The van der Waals surface area contributed by atoms with Crippen molar-refractivity contribution in [2.24, 2.45) is 0 Å². The fourth-order valence-electron chi connectivity index (χ4n) is 3.42. The van der Waals surface area contributed by atoms with Gasteiger partial charge >= 0.3 is 0 Å². The molecule has 0 aliphatic carbocycles. The number of anilines is 1. The Labute approximate surface area is 201 Å². The molecular weight excluding hydrogens is 452 g/mol. The second-order valence-corrected chi connectivity index (χ2v) is 8.13. The van der Waals surface area contributed by atoms with Crippen molar-refractivity contribution in [3.63, 3.8) is 0 Å². The largest absolute Gasteiger partial charge is 0.493 e. The number of thiazole rings is 1. The van der Waals surface area contributed by atoms with Gasteiger partial charge in [-0.2, -0.15) is 0 Å². The molecule has 0 bridgehead atoms. The molecule has 0 aliphatic rings. The normalized spacial score (nSPS) is 10.4. The third kappa shape index (κ3) is 4.62. The van der Waals surface area contributed by atoms with Gasteiger partial charge in [0.05, 0.1) is 27.0 Å². The van der Waals surface area contributed by atoms with Gasteiger partial charge in [0.1, 0.15) is 4.88 Å². The maximum Gasteiger partial charge on any atom is 0.257 e. The fourth-order valence-corrected chi connectivity index (χ4v) is 4.37. The van der Waals surface area contributed by atoms with E-state index in [9.17, 15) is 9.59 Å². The summed E-state index contributed by atoms with van der Waals surface area (Å²) in [7, 11) is 4.45. The number of hydrogen-bond donors (Lipinski definition) is 1. The van der Waals surface area contributed by atoms with Crippen molar-refractivity contribution < 1.29 is 23.8 Å². The maximum atomic E-state index is 13.3. The molecule has 7 nitrogen and oxygen atoms in total.